The minimum atomic E-state index is -1.04. The van der Waals surface area contributed by atoms with Gasteiger partial charge in [-0.05, 0) is 55.0 Å². The van der Waals surface area contributed by atoms with Gasteiger partial charge in [-0.3, -0.25) is 14.5 Å². The fourth-order valence-electron chi connectivity index (χ4n) is 2.68. The maximum atomic E-state index is 12.5. The average Bonchev–Trinajstić information content (AvgIpc) is 2.93. The number of anilines is 1. The molecule has 7 nitrogen and oxygen atoms in total. The predicted octanol–water partition coefficient (Wildman–Crippen LogP) is 3.94. The molecule has 3 rings (SSSR count). The number of aliphatic imine (C=N–C) groups is 1. The fourth-order valence-corrected chi connectivity index (χ4v) is 3.95. The molecule has 1 atom stereocenters. The van der Waals surface area contributed by atoms with Crippen LogP contribution in [0.1, 0.15) is 22.3 Å². The van der Waals surface area contributed by atoms with Gasteiger partial charge in [0.2, 0.25) is 11.8 Å². The van der Waals surface area contributed by atoms with E-state index in [0.29, 0.717) is 21.6 Å². The van der Waals surface area contributed by atoms with Gasteiger partial charge in [-0.2, -0.15) is 0 Å². The Kier molecular flexibility index (Phi) is 6.24. The molecular weight excluding hydrogens is 414 g/mol. The van der Waals surface area contributed by atoms with Crippen molar-refractivity contribution < 1.29 is 19.5 Å². The molecule has 0 saturated carbocycles. The molecule has 1 aliphatic heterocycles. The van der Waals surface area contributed by atoms with E-state index in [4.69, 9.17) is 16.7 Å². The van der Waals surface area contributed by atoms with Crippen LogP contribution in [-0.4, -0.2) is 45.3 Å². The maximum absolute atomic E-state index is 12.5. The van der Waals surface area contributed by atoms with Crippen LogP contribution in [0.5, 0.6) is 0 Å². The Morgan fingerprint density at radius 2 is 1.93 bits per heavy atom. The van der Waals surface area contributed by atoms with Gasteiger partial charge < -0.3 is 10.4 Å². The Labute approximate surface area is 176 Å². The number of aryl methyl sites for hydroxylation is 1. The number of amides is 2. The second-order valence-corrected chi connectivity index (χ2v) is 8.04. The number of hydrogen-bond donors (Lipinski definition) is 2. The molecule has 2 aromatic rings. The lowest BCUT2D eigenvalue weighted by Gasteiger charge is -2.09. The Balaban J connectivity index is 1.65. The van der Waals surface area contributed by atoms with E-state index in [9.17, 15) is 14.4 Å². The van der Waals surface area contributed by atoms with Gasteiger partial charge in [0.05, 0.1) is 11.3 Å². The van der Waals surface area contributed by atoms with Crippen molar-refractivity contribution in [3.63, 3.8) is 0 Å². The second-order valence-electron chi connectivity index (χ2n) is 6.47. The molecule has 0 aliphatic carbocycles. The predicted molar refractivity (Wildman–Crippen MR) is 114 cm³/mol. The van der Waals surface area contributed by atoms with Crippen LogP contribution in [0.25, 0.3) is 0 Å². The first-order valence-corrected chi connectivity index (χ1v) is 9.92. The molecule has 29 heavy (non-hydrogen) atoms. The number of carbonyl (C=O) groups is 3. The van der Waals surface area contributed by atoms with Gasteiger partial charge in [-0.25, -0.2) is 9.79 Å². The molecule has 0 radical (unpaired) electrons. The average molecular weight is 432 g/mol. The summed E-state index contributed by atoms with van der Waals surface area (Å²) in [7, 11) is 1.62. The summed E-state index contributed by atoms with van der Waals surface area (Å²) < 4.78 is 0. The van der Waals surface area contributed by atoms with E-state index in [1.807, 2.05) is 13.0 Å². The topological polar surface area (TPSA) is 99.1 Å². The lowest BCUT2D eigenvalue weighted by molar-refractivity contribution is -0.127. The number of thioether (sulfide) groups is 1. The van der Waals surface area contributed by atoms with Gasteiger partial charge in [0.15, 0.2) is 5.17 Å². The molecule has 0 bridgehead atoms. The standard InChI is InChI=1S/C20H18ClN3O4S/c1-11-9-14(7-8-15(11)21)23-20-24(2)18(26)16(29-20)10-17(25)22-13-5-3-12(4-6-13)19(27)28/h3-9,16H,10H2,1-2H3,(H,22,25)(H,27,28)/t16-/m0/s1. The van der Waals surface area contributed by atoms with Crippen molar-refractivity contribution in [3.8, 4) is 0 Å². The van der Waals surface area contributed by atoms with Crippen molar-refractivity contribution in [2.45, 2.75) is 18.6 Å². The van der Waals surface area contributed by atoms with Gasteiger partial charge in [-0.1, -0.05) is 23.4 Å². The summed E-state index contributed by atoms with van der Waals surface area (Å²) in [5.74, 6) is -1.58. The van der Waals surface area contributed by atoms with Crippen molar-refractivity contribution in [1.82, 2.24) is 4.90 Å². The van der Waals surface area contributed by atoms with Crippen molar-refractivity contribution in [3.05, 3.63) is 58.6 Å². The van der Waals surface area contributed by atoms with E-state index in [-0.39, 0.29) is 23.8 Å². The molecule has 0 unspecified atom stereocenters. The number of nitrogens with one attached hydrogen (secondary N) is 1. The summed E-state index contributed by atoms with van der Waals surface area (Å²) in [5, 5.41) is 12.2. The smallest absolute Gasteiger partial charge is 0.335 e. The van der Waals surface area contributed by atoms with E-state index in [0.717, 1.165) is 5.56 Å². The van der Waals surface area contributed by atoms with Crippen LogP contribution in [0.4, 0.5) is 11.4 Å². The Morgan fingerprint density at radius 1 is 1.24 bits per heavy atom. The Hall–Kier alpha value is -2.84. The van der Waals surface area contributed by atoms with E-state index in [1.165, 1.54) is 40.9 Å². The molecule has 2 N–H and O–H groups in total. The number of halogens is 1. The normalized spacial score (nSPS) is 17.6. The molecule has 2 amide bonds. The fraction of sp³-hybridized carbons (Fsp3) is 0.200. The van der Waals surface area contributed by atoms with Gasteiger partial charge in [0.25, 0.3) is 0 Å². The first kappa shape index (κ1) is 20.9. The molecule has 2 aromatic carbocycles. The van der Waals surface area contributed by atoms with Crippen LogP contribution in [0.15, 0.2) is 47.5 Å². The zero-order chi connectivity index (χ0) is 21.1. The first-order valence-electron chi connectivity index (χ1n) is 8.67. The van der Waals surface area contributed by atoms with Crippen molar-refractivity contribution >= 4 is 57.7 Å². The number of carboxylic acid groups (broad SMARTS) is 1. The zero-order valence-corrected chi connectivity index (χ0v) is 17.3. The number of carbonyl (C=O) groups excluding carboxylic acids is 2. The SMILES string of the molecule is Cc1cc(N=C2S[C@@H](CC(=O)Nc3ccc(C(=O)O)cc3)C(=O)N2C)ccc1Cl. The summed E-state index contributed by atoms with van der Waals surface area (Å²) in [6.07, 6.45) is -0.0206. The largest absolute Gasteiger partial charge is 0.478 e. The number of hydrogen-bond acceptors (Lipinski definition) is 5. The Morgan fingerprint density at radius 3 is 2.55 bits per heavy atom. The summed E-state index contributed by atoms with van der Waals surface area (Å²) in [4.78, 5) is 41.6. The molecule has 0 aromatic heterocycles. The van der Waals surface area contributed by atoms with Crippen molar-refractivity contribution in [2.24, 2.45) is 4.99 Å². The van der Waals surface area contributed by atoms with Crippen LogP contribution < -0.4 is 5.32 Å². The van der Waals surface area contributed by atoms with E-state index in [1.54, 1.807) is 19.2 Å². The summed E-state index contributed by atoms with van der Waals surface area (Å²) >= 11 is 7.26. The maximum Gasteiger partial charge on any atom is 0.335 e. The van der Waals surface area contributed by atoms with Gasteiger partial charge in [-0.15, -0.1) is 0 Å². The first-order chi connectivity index (χ1) is 13.7. The van der Waals surface area contributed by atoms with Gasteiger partial charge in [0, 0.05) is 24.2 Å². The number of benzene rings is 2. The van der Waals surface area contributed by atoms with Crippen LogP contribution in [-0.2, 0) is 9.59 Å². The number of rotatable bonds is 5. The third kappa shape index (κ3) is 4.96. The van der Waals surface area contributed by atoms with Crippen LogP contribution in [0.2, 0.25) is 5.02 Å². The number of aromatic carboxylic acids is 1. The highest BCUT2D eigenvalue weighted by Gasteiger charge is 2.37. The molecule has 1 heterocycles. The molecule has 0 spiro atoms. The van der Waals surface area contributed by atoms with E-state index >= 15 is 0 Å². The summed E-state index contributed by atoms with van der Waals surface area (Å²) in [6.45, 7) is 1.87. The molecule has 1 saturated heterocycles. The van der Waals surface area contributed by atoms with Crippen LogP contribution in [0.3, 0.4) is 0 Å². The minimum Gasteiger partial charge on any atom is -0.478 e. The highest BCUT2D eigenvalue weighted by molar-refractivity contribution is 8.15. The molecule has 1 fully saturated rings. The molecule has 150 valence electrons. The quantitative estimate of drug-likeness (QED) is 0.747. The van der Waals surface area contributed by atoms with Gasteiger partial charge >= 0.3 is 5.97 Å². The third-order valence-corrected chi connectivity index (χ3v) is 5.95. The zero-order valence-electron chi connectivity index (χ0n) is 15.7. The number of carboxylic acids is 1. The Bertz CT molecular complexity index is 1010. The summed E-state index contributed by atoms with van der Waals surface area (Å²) in [5.41, 5.74) is 2.16. The van der Waals surface area contributed by atoms with Crippen molar-refractivity contribution in [1.29, 1.82) is 0 Å². The second kappa shape index (κ2) is 8.67. The lowest BCUT2D eigenvalue weighted by atomic mass is 10.2. The van der Waals surface area contributed by atoms with Crippen LogP contribution >= 0.6 is 23.4 Å². The van der Waals surface area contributed by atoms with E-state index < -0.39 is 11.2 Å². The number of nitrogens with zero attached hydrogens (tertiary/aromatic N) is 2. The van der Waals surface area contributed by atoms with Crippen molar-refractivity contribution in [2.75, 3.05) is 12.4 Å². The monoisotopic (exact) mass is 431 g/mol. The van der Waals surface area contributed by atoms with Gasteiger partial charge in [0.1, 0.15) is 5.25 Å². The van der Waals surface area contributed by atoms with Crippen LogP contribution in [0, 0.1) is 6.92 Å². The lowest BCUT2D eigenvalue weighted by Crippen LogP contribution is -2.30. The molecule has 9 heteroatoms. The third-order valence-electron chi connectivity index (χ3n) is 4.29. The summed E-state index contributed by atoms with van der Waals surface area (Å²) in [6, 6.07) is 11.2. The number of amidine groups is 1. The van der Waals surface area contributed by atoms with E-state index in [2.05, 4.69) is 10.3 Å². The molecule has 1 aliphatic rings. The highest BCUT2D eigenvalue weighted by atomic mass is 35.5. The minimum absolute atomic E-state index is 0.0206. The molecular formula is C20H18ClN3O4S. The highest BCUT2D eigenvalue weighted by Crippen LogP contribution is 2.31.